The summed E-state index contributed by atoms with van der Waals surface area (Å²) in [5.74, 6) is 2.11. The standard InChI is InChI=1S/C14H29N3O.HI/c1-3-18-10-6-9-16-14(15)17-11-13-8-5-4-7-12(13)2;/h12-13H,3-11H2,1-2H3,(H3,15,16,17);1H. The zero-order valence-corrected chi connectivity index (χ0v) is 14.7. The maximum atomic E-state index is 5.85. The molecule has 0 bridgehead atoms. The number of aliphatic imine (C=N–C) groups is 1. The summed E-state index contributed by atoms with van der Waals surface area (Å²) >= 11 is 0. The van der Waals surface area contributed by atoms with E-state index in [1.807, 2.05) is 6.92 Å². The highest BCUT2D eigenvalue weighted by atomic mass is 127. The van der Waals surface area contributed by atoms with E-state index in [4.69, 9.17) is 10.5 Å². The molecule has 1 rings (SSSR count). The lowest BCUT2D eigenvalue weighted by molar-refractivity contribution is 0.145. The van der Waals surface area contributed by atoms with Gasteiger partial charge in [-0.1, -0.05) is 26.2 Å². The molecule has 114 valence electrons. The number of guanidine groups is 1. The first kappa shape index (κ1) is 19.0. The molecule has 0 saturated heterocycles. The lowest BCUT2D eigenvalue weighted by Crippen LogP contribution is -2.34. The van der Waals surface area contributed by atoms with E-state index in [1.165, 1.54) is 25.7 Å². The molecule has 0 aliphatic heterocycles. The molecular weight excluding hydrogens is 353 g/mol. The van der Waals surface area contributed by atoms with Crippen molar-refractivity contribution >= 4 is 29.9 Å². The molecule has 19 heavy (non-hydrogen) atoms. The number of hydrogen-bond donors (Lipinski definition) is 2. The molecule has 2 unspecified atom stereocenters. The van der Waals surface area contributed by atoms with Crippen molar-refractivity contribution in [2.45, 2.75) is 46.0 Å². The van der Waals surface area contributed by atoms with Crippen LogP contribution in [0.2, 0.25) is 0 Å². The van der Waals surface area contributed by atoms with E-state index in [1.54, 1.807) is 0 Å². The Hall–Kier alpha value is -0.0400. The highest BCUT2D eigenvalue weighted by Crippen LogP contribution is 2.29. The van der Waals surface area contributed by atoms with Crippen LogP contribution in [-0.4, -0.2) is 32.3 Å². The Balaban J connectivity index is 0.00000324. The topological polar surface area (TPSA) is 59.6 Å². The van der Waals surface area contributed by atoms with Crippen LogP contribution in [0.4, 0.5) is 0 Å². The third kappa shape index (κ3) is 8.68. The van der Waals surface area contributed by atoms with Crippen molar-refractivity contribution < 1.29 is 4.74 Å². The maximum absolute atomic E-state index is 5.85. The van der Waals surface area contributed by atoms with E-state index in [0.29, 0.717) is 5.96 Å². The van der Waals surface area contributed by atoms with Gasteiger partial charge in [-0.3, -0.25) is 4.99 Å². The summed E-state index contributed by atoms with van der Waals surface area (Å²) in [6, 6.07) is 0. The van der Waals surface area contributed by atoms with Crippen LogP contribution in [0.1, 0.15) is 46.0 Å². The van der Waals surface area contributed by atoms with Gasteiger partial charge in [-0.2, -0.15) is 0 Å². The second-order valence-electron chi connectivity index (χ2n) is 5.23. The van der Waals surface area contributed by atoms with Crippen LogP contribution in [0.25, 0.3) is 0 Å². The van der Waals surface area contributed by atoms with Gasteiger partial charge in [0.15, 0.2) is 5.96 Å². The van der Waals surface area contributed by atoms with Crippen molar-refractivity contribution in [3.05, 3.63) is 0 Å². The van der Waals surface area contributed by atoms with E-state index in [2.05, 4.69) is 17.2 Å². The van der Waals surface area contributed by atoms with Crippen LogP contribution in [0.5, 0.6) is 0 Å². The molecule has 1 aliphatic rings. The number of halogens is 1. The number of ether oxygens (including phenoxy) is 1. The fraction of sp³-hybridized carbons (Fsp3) is 0.929. The van der Waals surface area contributed by atoms with Crippen molar-refractivity contribution in [1.82, 2.24) is 5.32 Å². The average molecular weight is 383 g/mol. The number of nitrogens with two attached hydrogens (primary N) is 1. The molecule has 0 amide bonds. The lowest BCUT2D eigenvalue weighted by Gasteiger charge is -2.27. The first-order valence-corrected chi connectivity index (χ1v) is 7.35. The summed E-state index contributed by atoms with van der Waals surface area (Å²) in [5.41, 5.74) is 5.85. The number of nitrogens with zero attached hydrogens (tertiary/aromatic N) is 1. The molecule has 1 saturated carbocycles. The quantitative estimate of drug-likeness (QED) is 0.308. The molecule has 0 aromatic carbocycles. The molecule has 0 aromatic heterocycles. The average Bonchev–Trinajstić information content (AvgIpc) is 2.37. The fourth-order valence-electron chi connectivity index (χ4n) is 2.47. The third-order valence-corrected chi connectivity index (χ3v) is 3.76. The largest absolute Gasteiger partial charge is 0.382 e. The summed E-state index contributed by atoms with van der Waals surface area (Å²) in [5, 5.41) is 3.14. The highest BCUT2D eigenvalue weighted by Gasteiger charge is 2.20. The smallest absolute Gasteiger partial charge is 0.188 e. The van der Waals surface area contributed by atoms with Gasteiger partial charge in [-0.05, 0) is 31.6 Å². The van der Waals surface area contributed by atoms with Gasteiger partial charge in [0.1, 0.15) is 0 Å². The summed E-state index contributed by atoms with van der Waals surface area (Å²) in [6.07, 6.45) is 6.37. The predicted molar refractivity (Wildman–Crippen MR) is 92.1 cm³/mol. The van der Waals surface area contributed by atoms with Gasteiger partial charge < -0.3 is 15.8 Å². The zero-order chi connectivity index (χ0) is 13.2. The van der Waals surface area contributed by atoms with Crippen LogP contribution < -0.4 is 11.1 Å². The minimum Gasteiger partial charge on any atom is -0.382 e. The third-order valence-electron chi connectivity index (χ3n) is 3.76. The van der Waals surface area contributed by atoms with Crippen molar-refractivity contribution in [2.24, 2.45) is 22.6 Å². The molecule has 2 atom stereocenters. The number of rotatable bonds is 7. The Morgan fingerprint density at radius 3 is 2.79 bits per heavy atom. The van der Waals surface area contributed by atoms with Crippen molar-refractivity contribution in [2.75, 3.05) is 26.3 Å². The van der Waals surface area contributed by atoms with Crippen molar-refractivity contribution in [3.8, 4) is 0 Å². The molecule has 3 N–H and O–H groups in total. The minimum atomic E-state index is 0. The number of hydrogen-bond acceptors (Lipinski definition) is 2. The lowest BCUT2D eigenvalue weighted by atomic mass is 9.80. The Morgan fingerprint density at radius 2 is 2.11 bits per heavy atom. The molecule has 0 aromatic rings. The first-order chi connectivity index (χ1) is 8.74. The molecule has 1 aliphatic carbocycles. The Labute approximate surface area is 135 Å². The molecule has 4 nitrogen and oxygen atoms in total. The van der Waals surface area contributed by atoms with Crippen LogP contribution >= 0.6 is 24.0 Å². The van der Waals surface area contributed by atoms with Gasteiger partial charge in [0.2, 0.25) is 0 Å². The number of nitrogens with one attached hydrogen (secondary N) is 1. The first-order valence-electron chi connectivity index (χ1n) is 7.35. The minimum absolute atomic E-state index is 0. The van der Waals surface area contributed by atoms with Gasteiger partial charge in [0.05, 0.1) is 0 Å². The Kier molecular flexibility index (Phi) is 11.7. The summed E-state index contributed by atoms with van der Waals surface area (Å²) in [6.45, 7) is 7.64. The van der Waals surface area contributed by atoms with Gasteiger partial charge >= 0.3 is 0 Å². The summed E-state index contributed by atoms with van der Waals surface area (Å²) in [4.78, 5) is 4.46. The SMILES string of the molecule is CCOCCCNC(N)=NCC1CCCCC1C.I. The summed E-state index contributed by atoms with van der Waals surface area (Å²) in [7, 11) is 0. The van der Waals surface area contributed by atoms with E-state index in [9.17, 15) is 0 Å². The van der Waals surface area contributed by atoms with Crippen LogP contribution in [0, 0.1) is 11.8 Å². The Morgan fingerprint density at radius 1 is 1.37 bits per heavy atom. The van der Waals surface area contributed by atoms with Crippen LogP contribution in [-0.2, 0) is 4.74 Å². The van der Waals surface area contributed by atoms with Gasteiger partial charge in [-0.15, -0.1) is 24.0 Å². The maximum Gasteiger partial charge on any atom is 0.188 e. The molecule has 1 fully saturated rings. The zero-order valence-electron chi connectivity index (χ0n) is 12.4. The molecular formula is C14H30IN3O. The van der Waals surface area contributed by atoms with Crippen LogP contribution in [0.15, 0.2) is 4.99 Å². The molecule has 5 heteroatoms. The fourth-order valence-corrected chi connectivity index (χ4v) is 2.47. The second kappa shape index (κ2) is 11.8. The molecule has 0 radical (unpaired) electrons. The molecule has 0 heterocycles. The second-order valence-corrected chi connectivity index (χ2v) is 5.23. The van der Waals surface area contributed by atoms with Crippen molar-refractivity contribution in [3.63, 3.8) is 0 Å². The van der Waals surface area contributed by atoms with Gasteiger partial charge in [0.25, 0.3) is 0 Å². The normalized spacial score (nSPS) is 23.8. The van der Waals surface area contributed by atoms with Crippen molar-refractivity contribution in [1.29, 1.82) is 0 Å². The van der Waals surface area contributed by atoms with E-state index >= 15 is 0 Å². The van der Waals surface area contributed by atoms with Gasteiger partial charge in [-0.25, -0.2) is 0 Å². The molecule has 0 spiro atoms. The van der Waals surface area contributed by atoms with Crippen LogP contribution in [0.3, 0.4) is 0 Å². The van der Waals surface area contributed by atoms with Gasteiger partial charge in [0, 0.05) is 26.3 Å². The Bertz CT molecular complexity index is 249. The monoisotopic (exact) mass is 383 g/mol. The predicted octanol–water partition coefficient (Wildman–Crippen LogP) is 2.76. The highest BCUT2D eigenvalue weighted by molar-refractivity contribution is 14.0. The van der Waals surface area contributed by atoms with E-state index in [-0.39, 0.29) is 24.0 Å². The summed E-state index contributed by atoms with van der Waals surface area (Å²) < 4.78 is 5.26. The van der Waals surface area contributed by atoms with E-state index < -0.39 is 0 Å². The van der Waals surface area contributed by atoms with E-state index in [0.717, 1.165) is 44.6 Å².